The summed E-state index contributed by atoms with van der Waals surface area (Å²) >= 11 is 0. The standard InChI is InChI=1S/C65H53N7/c1-64(2,3)48-35-36-66-59(41-48)72-55-30-17-16-29-51(55)52-34-33-47(38-58(52)72)63-68-61(45-25-14-9-15-26-45)67-62(69-63)46-27-20-28-50(37-46)70-42-71(57-32-19-18-31-56(57)70)60-53(43-21-10-7-11-22-43)39-49(65(4,5)6)40-54(60)44-23-12-8-13-24-44/h7-41H,1-6H3. The molecule has 0 saturated carbocycles. The summed E-state index contributed by atoms with van der Waals surface area (Å²) in [5, 5.41) is 2.29. The second-order valence-corrected chi connectivity index (χ2v) is 20.6. The van der Waals surface area contributed by atoms with Gasteiger partial charge in [0.2, 0.25) is 0 Å². The van der Waals surface area contributed by atoms with Crippen LogP contribution in [0.3, 0.4) is 0 Å². The Morgan fingerprint density at radius 3 is 1.58 bits per heavy atom. The number of rotatable bonds is 8. The zero-order valence-corrected chi connectivity index (χ0v) is 41.3. The van der Waals surface area contributed by atoms with Gasteiger partial charge in [0, 0.05) is 33.7 Å². The summed E-state index contributed by atoms with van der Waals surface area (Å²) < 4.78 is 6.68. The van der Waals surface area contributed by atoms with Gasteiger partial charge in [0.1, 0.15) is 5.82 Å². The maximum absolute atomic E-state index is 5.31. The van der Waals surface area contributed by atoms with Gasteiger partial charge < -0.3 is 0 Å². The van der Waals surface area contributed by atoms with E-state index in [2.05, 4.69) is 250 Å². The summed E-state index contributed by atoms with van der Waals surface area (Å²) in [7, 11) is 0. The fourth-order valence-electron chi connectivity index (χ4n) is 9.90. The first kappa shape index (κ1) is 44.4. The van der Waals surface area contributed by atoms with Crippen molar-refractivity contribution in [3.05, 3.63) is 230 Å². The van der Waals surface area contributed by atoms with Crippen molar-refractivity contribution in [2.75, 3.05) is 0 Å². The van der Waals surface area contributed by atoms with Gasteiger partial charge in [0.15, 0.2) is 17.5 Å². The number of aromatic nitrogens is 7. The lowest BCUT2D eigenvalue weighted by atomic mass is 9.82. The van der Waals surface area contributed by atoms with Crippen molar-refractivity contribution in [3.8, 4) is 73.6 Å². The molecule has 72 heavy (non-hydrogen) atoms. The molecule has 0 saturated heterocycles. The van der Waals surface area contributed by atoms with E-state index in [-0.39, 0.29) is 10.8 Å². The van der Waals surface area contributed by atoms with E-state index in [4.69, 9.17) is 19.9 Å². The van der Waals surface area contributed by atoms with E-state index in [1.54, 1.807) is 0 Å². The minimum Gasteiger partial charge on any atom is -0.294 e. The van der Waals surface area contributed by atoms with Crippen LogP contribution in [-0.4, -0.2) is 29.1 Å². The van der Waals surface area contributed by atoms with Crippen LogP contribution in [0, 0.1) is 6.33 Å². The third-order valence-electron chi connectivity index (χ3n) is 13.7. The van der Waals surface area contributed by atoms with Crippen LogP contribution in [0.4, 0.5) is 0 Å². The number of pyridine rings is 1. The van der Waals surface area contributed by atoms with Crippen LogP contribution in [0.25, 0.3) is 106 Å². The molecule has 0 unspecified atom stereocenters. The van der Waals surface area contributed by atoms with Gasteiger partial charge >= 0.3 is 0 Å². The molecule has 348 valence electrons. The molecule has 12 rings (SSSR count). The maximum atomic E-state index is 5.31. The van der Waals surface area contributed by atoms with E-state index >= 15 is 0 Å². The van der Waals surface area contributed by atoms with E-state index in [1.807, 2.05) is 24.4 Å². The third kappa shape index (κ3) is 8.03. The van der Waals surface area contributed by atoms with E-state index in [0.717, 1.165) is 89.0 Å². The smallest absolute Gasteiger partial charge is 0.269 e. The van der Waals surface area contributed by atoms with Crippen LogP contribution in [-0.2, 0) is 10.8 Å². The molecular formula is C65H53N7. The fraction of sp³-hybridized carbons (Fsp3) is 0.123. The topological polar surface area (TPSA) is 65.3 Å². The highest BCUT2D eigenvalue weighted by Crippen LogP contribution is 2.42. The van der Waals surface area contributed by atoms with E-state index in [9.17, 15) is 0 Å². The third-order valence-corrected chi connectivity index (χ3v) is 13.7. The number of imidazole rings is 1. The number of para-hydroxylation sites is 3. The average Bonchev–Trinajstić information content (AvgIpc) is 3.97. The maximum Gasteiger partial charge on any atom is 0.269 e. The molecule has 8 aromatic carbocycles. The van der Waals surface area contributed by atoms with Crippen LogP contribution in [0.5, 0.6) is 0 Å². The molecule has 7 nitrogen and oxygen atoms in total. The molecule has 0 spiro atoms. The SMILES string of the molecule is CC(C)(C)c1ccnc(-n2c3ccccc3c3ccc(-c4nc(-c5ccccc5)nc(-c5cccc(-[n+]6[c-]n(-c7c(-c8ccccc8)cc(C(C)(C)C)cc7-c7ccccc7)c7ccccc76)c5)n4)cc32)c1. The van der Waals surface area contributed by atoms with Crippen LogP contribution in [0.15, 0.2) is 212 Å². The first-order valence-electron chi connectivity index (χ1n) is 24.6. The average molecular weight is 932 g/mol. The lowest BCUT2D eigenvalue weighted by Gasteiger charge is -2.25. The molecule has 0 bridgehead atoms. The molecule has 0 aliphatic rings. The van der Waals surface area contributed by atoms with Gasteiger partial charge in [-0.05, 0) is 80.6 Å². The molecule has 0 radical (unpaired) electrons. The first-order chi connectivity index (χ1) is 35.0. The largest absolute Gasteiger partial charge is 0.294 e. The predicted molar refractivity (Wildman–Crippen MR) is 294 cm³/mol. The second-order valence-electron chi connectivity index (χ2n) is 20.6. The molecule has 0 amide bonds. The highest BCUT2D eigenvalue weighted by Gasteiger charge is 2.25. The Hall–Kier alpha value is -8.81. The van der Waals surface area contributed by atoms with Crippen molar-refractivity contribution in [2.45, 2.75) is 52.4 Å². The molecule has 0 aliphatic carbocycles. The van der Waals surface area contributed by atoms with Crippen LogP contribution in [0.2, 0.25) is 0 Å². The molecule has 0 fully saturated rings. The Kier molecular flexibility index (Phi) is 10.8. The van der Waals surface area contributed by atoms with E-state index in [0.29, 0.717) is 17.5 Å². The summed E-state index contributed by atoms with van der Waals surface area (Å²) in [6.07, 6.45) is 5.80. The fourth-order valence-corrected chi connectivity index (χ4v) is 9.90. The zero-order valence-electron chi connectivity index (χ0n) is 41.3. The van der Waals surface area contributed by atoms with Gasteiger partial charge in [-0.15, -0.1) is 0 Å². The molecule has 0 aliphatic heterocycles. The Morgan fingerprint density at radius 1 is 0.417 bits per heavy atom. The highest BCUT2D eigenvalue weighted by atomic mass is 15.1. The summed E-state index contributed by atoms with van der Waals surface area (Å²) in [6, 6.07) is 72.7. The van der Waals surface area contributed by atoms with Gasteiger partial charge in [-0.25, -0.2) is 19.9 Å². The number of fused-ring (bicyclic) bond motifs is 4. The minimum absolute atomic E-state index is 0.0438. The Labute approximate surface area is 420 Å². The monoisotopic (exact) mass is 931 g/mol. The van der Waals surface area contributed by atoms with Crippen molar-refractivity contribution in [1.82, 2.24) is 29.1 Å². The number of nitrogens with zero attached hydrogens (tertiary/aromatic N) is 7. The predicted octanol–water partition coefficient (Wildman–Crippen LogP) is 15.3. The Bertz CT molecular complexity index is 3930. The van der Waals surface area contributed by atoms with E-state index < -0.39 is 0 Å². The normalized spacial score (nSPS) is 12.0. The highest BCUT2D eigenvalue weighted by molar-refractivity contribution is 6.10. The summed E-state index contributed by atoms with van der Waals surface area (Å²) in [6.45, 7) is 13.6. The molecular weight excluding hydrogens is 879 g/mol. The van der Waals surface area contributed by atoms with Gasteiger partial charge in [-0.2, -0.15) is 0 Å². The Morgan fingerprint density at radius 2 is 0.944 bits per heavy atom. The molecule has 4 heterocycles. The van der Waals surface area contributed by atoms with E-state index in [1.165, 1.54) is 11.1 Å². The van der Waals surface area contributed by atoms with Crippen molar-refractivity contribution in [2.24, 2.45) is 0 Å². The van der Waals surface area contributed by atoms with Gasteiger partial charge in [0.25, 0.3) is 6.33 Å². The van der Waals surface area contributed by atoms with Crippen LogP contribution < -0.4 is 4.57 Å². The van der Waals surface area contributed by atoms with Gasteiger partial charge in [0.05, 0.1) is 33.4 Å². The molecule has 4 aromatic heterocycles. The quantitative estimate of drug-likeness (QED) is 0.112. The number of hydrogen-bond acceptors (Lipinski definition) is 4. The first-order valence-corrected chi connectivity index (χ1v) is 24.6. The zero-order chi connectivity index (χ0) is 49.1. The number of hydrogen-bond donors (Lipinski definition) is 0. The molecule has 0 atom stereocenters. The number of benzene rings is 8. The second kappa shape index (κ2) is 17.5. The van der Waals surface area contributed by atoms with Crippen molar-refractivity contribution in [3.63, 3.8) is 0 Å². The Balaban J connectivity index is 1.04. The van der Waals surface area contributed by atoms with Crippen molar-refractivity contribution in [1.29, 1.82) is 0 Å². The van der Waals surface area contributed by atoms with Crippen molar-refractivity contribution >= 4 is 32.8 Å². The lowest BCUT2D eigenvalue weighted by Crippen LogP contribution is -2.29. The van der Waals surface area contributed by atoms with Gasteiger partial charge in [-0.3, -0.25) is 13.7 Å². The van der Waals surface area contributed by atoms with Crippen LogP contribution in [0.1, 0.15) is 52.7 Å². The summed E-state index contributed by atoms with van der Waals surface area (Å²) in [4.78, 5) is 20.6. The molecule has 12 aromatic rings. The summed E-state index contributed by atoms with van der Waals surface area (Å²) in [5.74, 6) is 2.61. The molecule has 7 heteroatoms. The van der Waals surface area contributed by atoms with Gasteiger partial charge in [-0.1, -0.05) is 211 Å². The minimum atomic E-state index is -0.0907. The van der Waals surface area contributed by atoms with Crippen molar-refractivity contribution < 1.29 is 4.57 Å². The summed E-state index contributed by atoms with van der Waals surface area (Å²) in [5.41, 5.74) is 15.7. The van der Waals surface area contributed by atoms with Crippen LogP contribution >= 0.6 is 0 Å². The lowest BCUT2D eigenvalue weighted by molar-refractivity contribution is -0.572. The molecule has 0 N–H and O–H groups in total.